The normalized spacial score (nSPS) is 9.81. The molecule has 0 saturated carbocycles. The molecule has 1 aromatic rings. The van der Waals surface area contributed by atoms with Crippen molar-refractivity contribution in [3.8, 4) is 0 Å². The molecule has 0 saturated heterocycles. The number of rotatable bonds is 4. The molecule has 3 N–H and O–H groups in total. The molecule has 86 valence electrons. The molecule has 0 amide bonds. The number of esters is 1. The highest BCUT2D eigenvalue weighted by atomic mass is 16.5. The van der Waals surface area contributed by atoms with Crippen LogP contribution in [-0.2, 0) is 27.2 Å². The monoisotopic (exact) mass is 223 g/mol. The topological polar surface area (TPSA) is 89.6 Å². The number of aliphatic carboxylic acids is 1. The van der Waals surface area contributed by atoms with E-state index in [0.29, 0.717) is 16.8 Å². The first-order valence-corrected chi connectivity index (χ1v) is 4.69. The Morgan fingerprint density at radius 2 is 2.06 bits per heavy atom. The van der Waals surface area contributed by atoms with Crippen LogP contribution in [0.1, 0.15) is 11.1 Å². The van der Waals surface area contributed by atoms with Crippen molar-refractivity contribution in [2.45, 2.75) is 12.8 Å². The number of hydrogen-bond acceptors (Lipinski definition) is 4. The summed E-state index contributed by atoms with van der Waals surface area (Å²) >= 11 is 0. The number of nitrogens with two attached hydrogens (primary N) is 1. The van der Waals surface area contributed by atoms with Gasteiger partial charge in [-0.05, 0) is 17.2 Å². The van der Waals surface area contributed by atoms with Gasteiger partial charge in [0.05, 0.1) is 20.0 Å². The van der Waals surface area contributed by atoms with Crippen molar-refractivity contribution < 1.29 is 19.4 Å². The van der Waals surface area contributed by atoms with E-state index < -0.39 is 5.97 Å². The van der Waals surface area contributed by atoms with E-state index in [-0.39, 0.29) is 18.8 Å². The van der Waals surface area contributed by atoms with Gasteiger partial charge in [-0.2, -0.15) is 0 Å². The summed E-state index contributed by atoms with van der Waals surface area (Å²) in [5.74, 6) is -1.29. The summed E-state index contributed by atoms with van der Waals surface area (Å²) in [6, 6.07) is 4.85. The lowest BCUT2D eigenvalue weighted by Gasteiger charge is -2.06. The molecule has 0 aliphatic carbocycles. The highest BCUT2D eigenvalue weighted by Gasteiger charge is 2.08. The van der Waals surface area contributed by atoms with Crippen molar-refractivity contribution in [2.24, 2.45) is 0 Å². The number of carboxylic acids is 1. The van der Waals surface area contributed by atoms with Crippen LogP contribution in [0.15, 0.2) is 18.2 Å². The van der Waals surface area contributed by atoms with Gasteiger partial charge >= 0.3 is 11.9 Å². The highest BCUT2D eigenvalue weighted by Crippen LogP contribution is 2.15. The van der Waals surface area contributed by atoms with Crippen molar-refractivity contribution in [2.75, 3.05) is 12.8 Å². The van der Waals surface area contributed by atoms with Gasteiger partial charge < -0.3 is 15.6 Å². The van der Waals surface area contributed by atoms with Crippen LogP contribution in [0.2, 0.25) is 0 Å². The summed E-state index contributed by atoms with van der Waals surface area (Å²) in [4.78, 5) is 21.5. The third-order valence-corrected chi connectivity index (χ3v) is 2.13. The lowest BCUT2D eigenvalue weighted by Crippen LogP contribution is -2.08. The summed E-state index contributed by atoms with van der Waals surface area (Å²) in [5, 5.41) is 8.60. The van der Waals surface area contributed by atoms with Crippen molar-refractivity contribution in [3.63, 3.8) is 0 Å². The van der Waals surface area contributed by atoms with E-state index in [1.165, 1.54) is 7.11 Å². The van der Waals surface area contributed by atoms with Crippen LogP contribution in [0.4, 0.5) is 5.69 Å². The molecule has 1 rings (SSSR count). The SMILES string of the molecule is COC(=O)Cc1ccc(CC(=O)O)cc1N. The number of carbonyl (C=O) groups excluding carboxylic acids is 1. The van der Waals surface area contributed by atoms with Gasteiger partial charge in [-0.3, -0.25) is 9.59 Å². The van der Waals surface area contributed by atoms with Crippen LogP contribution in [0.25, 0.3) is 0 Å². The van der Waals surface area contributed by atoms with Crippen LogP contribution in [0, 0.1) is 0 Å². The van der Waals surface area contributed by atoms with Gasteiger partial charge in [-0.25, -0.2) is 0 Å². The van der Waals surface area contributed by atoms with Gasteiger partial charge in [-0.1, -0.05) is 12.1 Å². The van der Waals surface area contributed by atoms with E-state index >= 15 is 0 Å². The third-order valence-electron chi connectivity index (χ3n) is 2.13. The quantitative estimate of drug-likeness (QED) is 0.576. The molecular formula is C11H13NO4. The smallest absolute Gasteiger partial charge is 0.310 e. The Balaban J connectivity index is 2.83. The highest BCUT2D eigenvalue weighted by molar-refractivity contribution is 5.75. The number of carbonyl (C=O) groups is 2. The fraction of sp³-hybridized carbons (Fsp3) is 0.273. The molecule has 0 atom stereocenters. The van der Waals surface area contributed by atoms with Gasteiger partial charge in [-0.15, -0.1) is 0 Å². The Bertz CT molecular complexity index is 414. The van der Waals surface area contributed by atoms with Crippen molar-refractivity contribution >= 4 is 17.6 Å². The Labute approximate surface area is 92.8 Å². The van der Waals surface area contributed by atoms with E-state index in [1.807, 2.05) is 0 Å². The van der Waals surface area contributed by atoms with E-state index in [2.05, 4.69) is 4.74 Å². The number of ether oxygens (including phenoxy) is 1. The van der Waals surface area contributed by atoms with Crippen LogP contribution in [0.3, 0.4) is 0 Å². The Kier molecular flexibility index (Phi) is 3.88. The second-order valence-electron chi connectivity index (χ2n) is 3.36. The Morgan fingerprint density at radius 3 is 2.56 bits per heavy atom. The van der Waals surface area contributed by atoms with Gasteiger partial charge in [0, 0.05) is 5.69 Å². The molecule has 0 aliphatic heterocycles. The number of nitrogen functional groups attached to an aromatic ring is 1. The lowest BCUT2D eigenvalue weighted by molar-refractivity contribution is -0.140. The minimum Gasteiger partial charge on any atom is -0.481 e. The van der Waals surface area contributed by atoms with Gasteiger partial charge in [0.2, 0.25) is 0 Å². The third kappa shape index (κ3) is 3.27. The van der Waals surface area contributed by atoms with Crippen LogP contribution in [0.5, 0.6) is 0 Å². The fourth-order valence-electron chi connectivity index (χ4n) is 1.32. The number of hydrogen-bond donors (Lipinski definition) is 2. The van der Waals surface area contributed by atoms with E-state index in [0.717, 1.165) is 0 Å². The zero-order valence-electron chi connectivity index (χ0n) is 8.90. The van der Waals surface area contributed by atoms with Gasteiger partial charge in [0.15, 0.2) is 0 Å². The number of methoxy groups -OCH3 is 1. The molecule has 0 bridgehead atoms. The minimum atomic E-state index is -0.917. The van der Waals surface area contributed by atoms with Crippen LogP contribution >= 0.6 is 0 Å². The van der Waals surface area contributed by atoms with Crippen molar-refractivity contribution in [3.05, 3.63) is 29.3 Å². The van der Waals surface area contributed by atoms with Crippen LogP contribution < -0.4 is 5.73 Å². The summed E-state index contributed by atoms with van der Waals surface area (Å²) < 4.78 is 4.52. The van der Waals surface area contributed by atoms with Crippen LogP contribution in [-0.4, -0.2) is 24.2 Å². The molecule has 0 fully saturated rings. The molecule has 5 nitrogen and oxygen atoms in total. The first-order chi connectivity index (χ1) is 7.52. The summed E-state index contributed by atoms with van der Waals surface area (Å²) in [6.07, 6.45) is 0.0123. The zero-order chi connectivity index (χ0) is 12.1. The van der Waals surface area contributed by atoms with Gasteiger partial charge in [0.25, 0.3) is 0 Å². The first kappa shape index (κ1) is 12.0. The average Bonchev–Trinajstić information content (AvgIpc) is 2.21. The molecule has 0 heterocycles. The summed E-state index contributed by atoms with van der Waals surface area (Å²) in [5.41, 5.74) is 7.36. The average molecular weight is 223 g/mol. The second kappa shape index (κ2) is 5.16. The van der Waals surface area contributed by atoms with Gasteiger partial charge in [0.1, 0.15) is 0 Å². The first-order valence-electron chi connectivity index (χ1n) is 4.69. The van der Waals surface area contributed by atoms with Crippen molar-refractivity contribution in [1.82, 2.24) is 0 Å². The standard InChI is InChI=1S/C11H13NO4/c1-16-11(15)6-8-3-2-7(4-9(8)12)5-10(13)14/h2-4H,5-6,12H2,1H3,(H,13,14). The Morgan fingerprint density at radius 1 is 1.38 bits per heavy atom. The summed E-state index contributed by atoms with van der Waals surface area (Å²) in [6.45, 7) is 0. The van der Waals surface area contributed by atoms with Crippen molar-refractivity contribution in [1.29, 1.82) is 0 Å². The predicted molar refractivity (Wildman–Crippen MR) is 57.9 cm³/mol. The molecule has 0 unspecified atom stereocenters. The molecular weight excluding hydrogens is 210 g/mol. The zero-order valence-corrected chi connectivity index (χ0v) is 8.90. The molecule has 0 radical (unpaired) electrons. The number of carboxylic acid groups (broad SMARTS) is 1. The molecule has 16 heavy (non-hydrogen) atoms. The maximum Gasteiger partial charge on any atom is 0.310 e. The molecule has 0 aromatic heterocycles. The molecule has 0 spiro atoms. The Hall–Kier alpha value is -2.04. The second-order valence-corrected chi connectivity index (χ2v) is 3.36. The van der Waals surface area contributed by atoms with E-state index in [1.54, 1.807) is 18.2 Å². The maximum absolute atomic E-state index is 11.0. The van der Waals surface area contributed by atoms with E-state index in [4.69, 9.17) is 10.8 Å². The molecule has 5 heteroatoms. The molecule has 1 aromatic carbocycles. The number of anilines is 1. The largest absolute Gasteiger partial charge is 0.481 e. The lowest BCUT2D eigenvalue weighted by atomic mass is 10.0. The minimum absolute atomic E-state index is 0.0807. The maximum atomic E-state index is 11.0. The summed E-state index contributed by atoms with van der Waals surface area (Å²) in [7, 11) is 1.30. The molecule has 0 aliphatic rings. The fourth-order valence-corrected chi connectivity index (χ4v) is 1.32. The van der Waals surface area contributed by atoms with E-state index in [9.17, 15) is 9.59 Å². The number of benzene rings is 1. The predicted octanol–water partition coefficient (Wildman–Crippen LogP) is 0.611.